The Balaban J connectivity index is 1.20. The first-order chi connectivity index (χ1) is 17.2. The van der Waals surface area contributed by atoms with Crippen molar-refractivity contribution in [2.45, 2.75) is 65.1 Å². The third kappa shape index (κ3) is 6.81. The Morgan fingerprint density at radius 3 is 2.33 bits per heavy atom. The van der Waals surface area contributed by atoms with Crippen molar-refractivity contribution >= 4 is 11.6 Å². The minimum atomic E-state index is -0.805. The summed E-state index contributed by atoms with van der Waals surface area (Å²) in [5.41, 5.74) is 2.42. The van der Waals surface area contributed by atoms with Crippen LogP contribution in [0.4, 0.5) is 0 Å². The molecule has 1 aromatic heterocycles. The largest absolute Gasteiger partial charge is 0.492 e. The number of nitrogens with zero attached hydrogens (tertiary/aromatic N) is 3. The van der Waals surface area contributed by atoms with E-state index in [-0.39, 0.29) is 0 Å². The molecule has 2 heterocycles. The van der Waals surface area contributed by atoms with E-state index < -0.39 is 5.60 Å². The predicted molar refractivity (Wildman–Crippen MR) is 144 cm³/mol. The van der Waals surface area contributed by atoms with Crippen LogP contribution in [0.2, 0.25) is 5.02 Å². The molecular weight excluding hydrogens is 474 g/mol. The average Bonchev–Trinajstić information content (AvgIpc) is 3.33. The van der Waals surface area contributed by atoms with E-state index in [1.807, 2.05) is 50.5 Å². The molecule has 1 saturated heterocycles. The van der Waals surface area contributed by atoms with Crippen molar-refractivity contribution in [3.8, 4) is 11.5 Å². The Hall–Kier alpha value is -2.54. The summed E-state index contributed by atoms with van der Waals surface area (Å²) in [7, 11) is 0. The molecule has 1 fully saturated rings. The molecule has 194 valence electrons. The molecule has 36 heavy (non-hydrogen) atoms. The second-order valence-electron chi connectivity index (χ2n) is 10.3. The van der Waals surface area contributed by atoms with Gasteiger partial charge in [-0.3, -0.25) is 4.90 Å². The summed E-state index contributed by atoms with van der Waals surface area (Å²) in [6, 6.07) is 12.2. The molecule has 4 rings (SSSR count). The van der Waals surface area contributed by atoms with Crippen molar-refractivity contribution in [2.75, 3.05) is 26.3 Å². The Morgan fingerprint density at radius 2 is 1.69 bits per heavy atom. The van der Waals surface area contributed by atoms with Gasteiger partial charge in [0.2, 0.25) is 0 Å². The number of ether oxygens (including phenoxy) is 2. The van der Waals surface area contributed by atoms with Crippen molar-refractivity contribution in [2.24, 2.45) is 0 Å². The third-order valence-corrected chi connectivity index (χ3v) is 7.49. The molecular formula is C29H38ClN3O3. The first-order valence-electron chi connectivity index (χ1n) is 12.8. The van der Waals surface area contributed by atoms with Crippen LogP contribution in [-0.2, 0) is 13.1 Å². The highest BCUT2D eigenvalue weighted by molar-refractivity contribution is 6.32. The first-order valence-corrected chi connectivity index (χ1v) is 13.2. The fraction of sp³-hybridized carbons (Fsp3) is 0.483. The van der Waals surface area contributed by atoms with Gasteiger partial charge >= 0.3 is 0 Å². The quantitative estimate of drug-likeness (QED) is 0.375. The zero-order valence-electron chi connectivity index (χ0n) is 21.8. The molecule has 0 saturated carbocycles. The molecule has 0 aliphatic carbocycles. The fourth-order valence-corrected chi connectivity index (χ4v) is 4.81. The van der Waals surface area contributed by atoms with Gasteiger partial charge < -0.3 is 19.1 Å². The number of piperidine rings is 1. The lowest BCUT2D eigenvalue weighted by Crippen LogP contribution is -2.47. The third-order valence-electron chi connectivity index (χ3n) is 6.90. The van der Waals surface area contributed by atoms with Crippen molar-refractivity contribution in [1.29, 1.82) is 0 Å². The number of halogens is 1. The van der Waals surface area contributed by atoms with E-state index in [9.17, 15) is 5.11 Å². The number of aliphatic hydroxyl groups is 1. The molecule has 0 unspecified atom stereocenters. The second-order valence-corrected chi connectivity index (χ2v) is 10.7. The molecule has 1 aliphatic heterocycles. The van der Waals surface area contributed by atoms with Gasteiger partial charge in [0.25, 0.3) is 0 Å². The van der Waals surface area contributed by atoms with Gasteiger partial charge in [-0.05, 0) is 67.6 Å². The number of hydrogen-bond acceptors (Lipinski definition) is 5. The second kappa shape index (κ2) is 11.7. The lowest BCUT2D eigenvalue weighted by Gasteiger charge is -2.38. The van der Waals surface area contributed by atoms with E-state index in [2.05, 4.69) is 40.4 Å². The maximum Gasteiger partial charge on any atom is 0.120 e. The van der Waals surface area contributed by atoms with E-state index in [0.29, 0.717) is 32.0 Å². The number of rotatable bonds is 10. The lowest BCUT2D eigenvalue weighted by atomic mass is 9.92. The maximum absolute atomic E-state index is 11.0. The molecule has 0 radical (unpaired) electrons. The Labute approximate surface area is 219 Å². The minimum Gasteiger partial charge on any atom is -0.492 e. The molecule has 1 N–H and O–H groups in total. The summed E-state index contributed by atoms with van der Waals surface area (Å²) in [4.78, 5) is 6.81. The zero-order chi connectivity index (χ0) is 25.7. The number of imidazole rings is 1. The van der Waals surface area contributed by atoms with Crippen LogP contribution in [-0.4, -0.2) is 51.5 Å². The highest BCUT2D eigenvalue weighted by atomic mass is 35.5. The summed E-state index contributed by atoms with van der Waals surface area (Å²) in [6.07, 6.45) is 5.23. The number of likely N-dealkylation sites (tertiary alicyclic amines) is 1. The van der Waals surface area contributed by atoms with Gasteiger partial charge in [-0.15, -0.1) is 0 Å². The Kier molecular flexibility index (Phi) is 8.60. The average molecular weight is 512 g/mol. The molecule has 0 bridgehead atoms. The Bertz CT molecular complexity index is 1110. The lowest BCUT2D eigenvalue weighted by molar-refractivity contribution is -0.0537. The van der Waals surface area contributed by atoms with Gasteiger partial charge in [-0.2, -0.15) is 0 Å². The van der Waals surface area contributed by atoms with Crippen LogP contribution >= 0.6 is 11.6 Å². The maximum atomic E-state index is 11.0. The molecule has 0 amide bonds. The summed E-state index contributed by atoms with van der Waals surface area (Å²) >= 11 is 6.25. The highest BCUT2D eigenvalue weighted by Gasteiger charge is 2.33. The van der Waals surface area contributed by atoms with Gasteiger partial charge in [-0.1, -0.05) is 37.6 Å². The van der Waals surface area contributed by atoms with Gasteiger partial charge in [0, 0.05) is 43.0 Å². The number of aromatic nitrogens is 2. The minimum absolute atomic E-state index is 0.297. The molecule has 2 aromatic carbocycles. The number of benzene rings is 2. The van der Waals surface area contributed by atoms with Crippen molar-refractivity contribution in [3.05, 3.63) is 76.3 Å². The van der Waals surface area contributed by atoms with Crippen LogP contribution in [0.25, 0.3) is 0 Å². The standard InChI is InChI=1S/C29H38ClN3O3/c1-21(2)28-31-11-14-33(28)15-16-35-25-7-5-24(6-8-25)19-32-12-9-29(34,10-13-32)20-36-26-17-22(3)27(30)23(4)18-26/h5-8,11,14,17-18,21,34H,9-10,12-13,15-16,19-20H2,1-4H3. The molecule has 6 nitrogen and oxygen atoms in total. The summed E-state index contributed by atoms with van der Waals surface area (Å²) in [5.74, 6) is 3.12. The Morgan fingerprint density at radius 1 is 1.03 bits per heavy atom. The van der Waals surface area contributed by atoms with Crippen LogP contribution in [0.1, 0.15) is 55.1 Å². The van der Waals surface area contributed by atoms with E-state index in [1.165, 1.54) is 5.56 Å². The van der Waals surface area contributed by atoms with Crippen LogP contribution in [0.15, 0.2) is 48.8 Å². The van der Waals surface area contributed by atoms with Gasteiger partial charge in [0.1, 0.15) is 36.1 Å². The number of hydrogen-bond donors (Lipinski definition) is 1. The zero-order valence-corrected chi connectivity index (χ0v) is 22.6. The molecule has 0 atom stereocenters. The van der Waals surface area contributed by atoms with Crippen LogP contribution < -0.4 is 9.47 Å². The van der Waals surface area contributed by atoms with Crippen molar-refractivity contribution in [1.82, 2.24) is 14.5 Å². The SMILES string of the molecule is Cc1cc(OCC2(O)CCN(Cc3ccc(OCCn4ccnc4C(C)C)cc3)CC2)cc(C)c1Cl. The van der Waals surface area contributed by atoms with E-state index in [1.54, 1.807) is 0 Å². The summed E-state index contributed by atoms with van der Waals surface area (Å²) in [5, 5.41) is 11.8. The van der Waals surface area contributed by atoms with E-state index in [0.717, 1.165) is 59.7 Å². The predicted octanol–water partition coefficient (Wildman–Crippen LogP) is 5.76. The van der Waals surface area contributed by atoms with Gasteiger partial charge in [-0.25, -0.2) is 4.98 Å². The molecule has 7 heteroatoms. The van der Waals surface area contributed by atoms with E-state index >= 15 is 0 Å². The van der Waals surface area contributed by atoms with Crippen molar-refractivity contribution < 1.29 is 14.6 Å². The topological polar surface area (TPSA) is 59.8 Å². The van der Waals surface area contributed by atoms with Crippen LogP contribution in [0.3, 0.4) is 0 Å². The summed E-state index contributed by atoms with van der Waals surface area (Å²) < 4.78 is 14.1. The first kappa shape index (κ1) is 26.5. The highest BCUT2D eigenvalue weighted by Crippen LogP contribution is 2.29. The normalized spacial score (nSPS) is 15.9. The molecule has 0 spiro atoms. The van der Waals surface area contributed by atoms with E-state index in [4.69, 9.17) is 21.1 Å². The van der Waals surface area contributed by atoms with Gasteiger partial charge in [0.15, 0.2) is 0 Å². The molecule has 1 aliphatic rings. The number of aryl methyl sites for hydroxylation is 2. The smallest absolute Gasteiger partial charge is 0.120 e. The molecule has 3 aromatic rings. The van der Waals surface area contributed by atoms with Gasteiger partial charge in [0.05, 0.1) is 6.54 Å². The monoisotopic (exact) mass is 511 g/mol. The van der Waals surface area contributed by atoms with Crippen LogP contribution in [0, 0.1) is 13.8 Å². The summed E-state index contributed by atoms with van der Waals surface area (Å²) in [6.45, 7) is 12.5. The van der Waals surface area contributed by atoms with Crippen molar-refractivity contribution in [3.63, 3.8) is 0 Å². The fourth-order valence-electron chi connectivity index (χ4n) is 4.70. The van der Waals surface area contributed by atoms with Crippen LogP contribution in [0.5, 0.6) is 11.5 Å².